The Morgan fingerprint density at radius 1 is 0.971 bits per heavy atom. The minimum atomic E-state index is -0.0492. The quantitative estimate of drug-likeness (QED) is 0.426. The molecule has 0 spiro atoms. The van der Waals surface area contributed by atoms with Crippen LogP contribution in [-0.2, 0) is 17.9 Å². The molecule has 2 aromatic carbocycles. The molecule has 0 saturated heterocycles. The van der Waals surface area contributed by atoms with Crippen molar-refractivity contribution in [3.8, 4) is 23.0 Å². The van der Waals surface area contributed by atoms with Gasteiger partial charge < -0.3 is 18.9 Å². The maximum absolute atomic E-state index is 13.0. The summed E-state index contributed by atoms with van der Waals surface area (Å²) in [5.74, 6) is 2.35. The summed E-state index contributed by atoms with van der Waals surface area (Å²) in [7, 11) is 0. The summed E-state index contributed by atoms with van der Waals surface area (Å²) < 4.78 is 14.8. The van der Waals surface area contributed by atoms with Gasteiger partial charge in [-0.3, -0.25) is 4.79 Å². The highest BCUT2D eigenvalue weighted by Gasteiger charge is 2.30. The van der Waals surface area contributed by atoms with Crippen LogP contribution in [0.2, 0.25) is 0 Å². The number of fused-ring (bicyclic) bond motifs is 2. The summed E-state index contributed by atoms with van der Waals surface area (Å²) in [5.41, 5.74) is 6.37. The molecule has 0 aliphatic carbocycles. The fourth-order valence-corrected chi connectivity index (χ4v) is 4.43. The van der Waals surface area contributed by atoms with E-state index in [0.29, 0.717) is 18.8 Å². The van der Waals surface area contributed by atoms with Crippen LogP contribution < -0.4 is 9.47 Å². The van der Waals surface area contributed by atoms with Gasteiger partial charge in [0.25, 0.3) is 0 Å². The van der Waals surface area contributed by atoms with Gasteiger partial charge in [0, 0.05) is 24.0 Å². The van der Waals surface area contributed by atoms with Gasteiger partial charge in [-0.2, -0.15) is 5.10 Å². The molecule has 4 aromatic rings. The standard InChI is InChI=1S/C27H24N4O3/c1-18-5-8-21(13-19(18)2)31-27(29-11-3-4-12-29)22-15-30(16-23(22)28-31)26(32)10-7-20-6-9-24-25(14-20)34-17-33-24/h3-14H,15-17H2,1-2H3. The smallest absolute Gasteiger partial charge is 0.247 e. The van der Waals surface area contributed by atoms with Crippen LogP contribution in [0.25, 0.3) is 17.6 Å². The van der Waals surface area contributed by atoms with Gasteiger partial charge in [0.2, 0.25) is 12.7 Å². The largest absolute Gasteiger partial charge is 0.454 e. The number of aromatic nitrogens is 3. The molecule has 2 aromatic heterocycles. The number of rotatable bonds is 4. The van der Waals surface area contributed by atoms with E-state index in [1.165, 1.54) is 11.1 Å². The lowest BCUT2D eigenvalue weighted by Gasteiger charge is -2.16. The number of benzene rings is 2. The average molecular weight is 453 g/mol. The molecular weight excluding hydrogens is 428 g/mol. The van der Waals surface area contributed by atoms with Gasteiger partial charge in [0.15, 0.2) is 11.5 Å². The first kappa shape index (κ1) is 20.4. The fraction of sp³-hybridized carbons (Fsp3) is 0.185. The zero-order valence-electron chi connectivity index (χ0n) is 19.1. The molecule has 7 nitrogen and oxygen atoms in total. The Labute approximate surface area is 197 Å². The summed E-state index contributed by atoms with van der Waals surface area (Å²) in [6.45, 7) is 5.44. The molecule has 7 heteroatoms. The van der Waals surface area contributed by atoms with Gasteiger partial charge in [0.05, 0.1) is 24.5 Å². The molecule has 0 saturated carbocycles. The minimum Gasteiger partial charge on any atom is -0.454 e. The number of hydrogen-bond acceptors (Lipinski definition) is 4. The molecule has 34 heavy (non-hydrogen) atoms. The van der Waals surface area contributed by atoms with Crippen LogP contribution in [0.3, 0.4) is 0 Å². The molecule has 170 valence electrons. The van der Waals surface area contributed by atoms with Crippen LogP contribution in [-0.4, -0.2) is 31.9 Å². The van der Waals surface area contributed by atoms with Crippen LogP contribution in [0.1, 0.15) is 27.9 Å². The summed E-state index contributed by atoms with van der Waals surface area (Å²) in [6.07, 6.45) is 7.44. The number of amides is 1. The van der Waals surface area contributed by atoms with E-state index >= 15 is 0 Å². The molecule has 1 amide bonds. The van der Waals surface area contributed by atoms with Crippen LogP contribution in [0.15, 0.2) is 67.0 Å². The molecule has 0 radical (unpaired) electrons. The Bertz CT molecular complexity index is 1430. The number of aryl methyl sites for hydroxylation is 2. The number of ether oxygens (including phenoxy) is 2. The topological polar surface area (TPSA) is 61.5 Å². The molecule has 0 fully saturated rings. The van der Waals surface area contributed by atoms with Crippen molar-refractivity contribution in [1.29, 1.82) is 0 Å². The molecule has 0 unspecified atom stereocenters. The van der Waals surface area contributed by atoms with Gasteiger partial charge in [-0.15, -0.1) is 0 Å². The first-order valence-electron chi connectivity index (χ1n) is 11.3. The van der Waals surface area contributed by atoms with Crippen LogP contribution in [0.4, 0.5) is 0 Å². The van der Waals surface area contributed by atoms with Crippen molar-refractivity contribution in [3.05, 3.63) is 94.9 Å². The molecule has 2 aliphatic heterocycles. The van der Waals surface area contributed by atoms with Gasteiger partial charge in [-0.05, 0) is 73.0 Å². The Morgan fingerprint density at radius 3 is 2.62 bits per heavy atom. The fourth-order valence-electron chi connectivity index (χ4n) is 4.43. The third-order valence-electron chi connectivity index (χ3n) is 6.44. The van der Waals surface area contributed by atoms with Crippen LogP contribution in [0, 0.1) is 13.8 Å². The monoisotopic (exact) mass is 452 g/mol. The molecule has 0 atom stereocenters. The molecule has 2 aliphatic rings. The number of carbonyl (C=O) groups excluding carboxylic acids is 1. The average Bonchev–Trinajstić information content (AvgIpc) is 3.62. The van der Waals surface area contributed by atoms with Crippen molar-refractivity contribution >= 4 is 12.0 Å². The van der Waals surface area contributed by atoms with E-state index in [1.54, 1.807) is 6.08 Å². The molecule has 0 bridgehead atoms. The van der Waals surface area contributed by atoms with E-state index in [-0.39, 0.29) is 12.7 Å². The lowest BCUT2D eigenvalue weighted by atomic mass is 10.1. The van der Waals surface area contributed by atoms with Crippen molar-refractivity contribution in [2.45, 2.75) is 26.9 Å². The van der Waals surface area contributed by atoms with Crippen LogP contribution in [0.5, 0.6) is 11.5 Å². The summed E-state index contributed by atoms with van der Waals surface area (Å²) in [4.78, 5) is 14.8. The van der Waals surface area contributed by atoms with Gasteiger partial charge in [0.1, 0.15) is 5.82 Å². The summed E-state index contributed by atoms with van der Waals surface area (Å²) in [5, 5.41) is 4.93. The predicted molar refractivity (Wildman–Crippen MR) is 128 cm³/mol. The summed E-state index contributed by atoms with van der Waals surface area (Å²) >= 11 is 0. The van der Waals surface area contributed by atoms with E-state index in [9.17, 15) is 4.79 Å². The Morgan fingerprint density at radius 2 is 1.79 bits per heavy atom. The first-order chi connectivity index (χ1) is 16.6. The lowest BCUT2D eigenvalue weighted by Crippen LogP contribution is -2.24. The number of nitrogens with zero attached hydrogens (tertiary/aromatic N) is 4. The third kappa shape index (κ3) is 3.46. The second-order valence-electron chi connectivity index (χ2n) is 8.66. The van der Waals surface area contributed by atoms with E-state index in [2.05, 4.69) is 36.6 Å². The zero-order valence-corrected chi connectivity index (χ0v) is 19.1. The normalized spacial score (nSPS) is 14.2. The number of carbonyl (C=O) groups is 1. The van der Waals surface area contributed by atoms with Crippen molar-refractivity contribution < 1.29 is 14.3 Å². The third-order valence-corrected chi connectivity index (χ3v) is 6.44. The van der Waals surface area contributed by atoms with Crippen LogP contribution >= 0.6 is 0 Å². The molecular formula is C27H24N4O3. The lowest BCUT2D eigenvalue weighted by molar-refractivity contribution is -0.126. The van der Waals surface area contributed by atoms with E-state index in [1.807, 2.05) is 58.4 Å². The summed E-state index contributed by atoms with van der Waals surface area (Å²) in [6, 6.07) is 16.0. The van der Waals surface area contributed by atoms with E-state index < -0.39 is 0 Å². The highest BCUT2D eigenvalue weighted by Crippen LogP contribution is 2.33. The highest BCUT2D eigenvalue weighted by molar-refractivity contribution is 5.92. The second-order valence-corrected chi connectivity index (χ2v) is 8.66. The maximum atomic E-state index is 13.0. The second kappa shape index (κ2) is 7.95. The van der Waals surface area contributed by atoms with Gasteiger partial charge in [-0.1, -0.05) is 12.1 Å². The molecule has 4 heterocycles. The van der Waals surface area contributed by atoms with Crippen molar-refractivity contribution in [3.63, 3.8) is 0 Å². The first-order valence-corrected chi connectivity index (χ1v) is 11.3. The molecule has 0 N–H and O–H groups in total. The Hall–Kier alpha value is -4.26. The van der Waals surface area contributed by atoms with Crippen molar-refractivity contribution in [2.24, 2.45) is 0 Å². The van der Waals surface area contributed by atoms with Crippen molar-refractivity contribution in [2.75, 3.05) is 6.79 Å². The SMILES string of the molecule is Cc1ccc(-n2nc3c(c2-n2cccc2)CN(C(=O)C=Cc2ccc4c(c2)OCO4)C3)cc1C. The van der Waals surface area contributed by atoms with E-state index in [0.717, 1.165) is 34.1 Å². The predicted octanol–water partition coefficient (Wildman–Crippen LogP) is 4.56. The van der Waals surface area contributed by atoms with E-state index in [4.69, 9.17) is 14.6 Å². The highest BCUT2D eigenvalue weighted by atomic mass is 16.7. The van der Waals surface area contributed by atoms with Gasteiger partial charge in [-0.25, -0.2) is 4.68 Å². The van der Waals surface area contributed by atoms with Gasteiger partial charge >= 0.3 is 0 Å². The Kier molecular flexibility index (Phi) is 4.76. The maximum Gasteiger partial charge on any atom is 0.247 e. The molecule has 6 rings (SSSR count). The van der Waals surface area contributed by atoms with Crippen molar-refractivity contribution in [1.82, 2.24) is 19.2 Å². The zero-order chi connectivity index (χ0) is 23.2. The Balaban J connectivity index is 1.28. The minimum absolute atomic E-state index is 0.0492. The number of hydrogen-bond donors (Lipinski definition) is 0.